The zero-order valence-electron chi connectivity index (χ0n) is 22.9. The Morgan fingerprint density at radius 2 is 1.86 bits per heavy atom. The van der Waals surface area contributed by atoms with E-state index in [1.165, 1.54) is 17.0 Å². The molecule has 1 aliphatic heterocycles. The van der Waals surface area contributed by atoms with Gasteiger partial charge in [-0.1, -0.05) is 32.0 Å². The second-order valence-electron chi connectivity index (χ2n) is 11.9. The molecule has 1 heterocycles. The predicted molar refractivity (Wildman–Crippen MR) is 137 cm³/mol. The van der Waals surface area contributed by atoms with Crippen LogP contribution in [0.3, 0.4) is 0 Å². The average molecular weight is 526 g/mol. The predicted octanol–water partition coefficient (Wildman–Crippen LogP) is 5.70. The number of alkyl halides is 3. The number of halogens is 3. The van der Waals surface area contributed by atoms with Crippen molar-refractivity contribution < 1.29 is 27.5 Å². The fraction of sp³-hybridized carbons (Fsp3) is 0.714. The summed E-state index contributed by atoms with van der Waals surface area (Å²) in [6.45, 7) is 13.7. The molecule has 1 aromatic carbocycles. The summed E-state index contributed by atoms with van der Waals surface area (Å²) in [6, 6.07) is 4.86. The number of hydrogen-bond acceptors (Lipinski definition) is 4. The minimum absolute atomic E-state index is 0.0176. The Kier molecular flexibility index (Phi) is 9.19. The molecule has 2 amide bonds. The van der Waals surface area contributed by atoms with Crippen molar-refractivity contribution in [3.8, 4) is 0 Å². The minimum atomic E-state index is -4.36. The number of likely N-dealkylation sites (N-methyl/N-ethyl adjacent to an activating group) is 1. The molecule has 4 atom stereocenters. The van der Waals surface area contributed by atoms with Crippen molar-refractivity contribution in [3.05, 3.63) is 35.4 Å². The van der Waals surface area contributed by atoms with Crippen molar-refractivity contribution in [1.82, 2.24) is 15.1 Å². The molecular formula is C28H42F3N3O3. The number of hydrogen-bond donors (Lipinski definition) is 1. The second kappa shape index (κ2) is 11.6. The Morgan fingerprint density at radius 1 is 1.16 bits per heavy atom. The van der Waals surface area contributed by atoms with Crippen LogP contribution in [0.4, 0.5) is 18.0 Å². The van der Waals surface area contributed by atoms with Crippen LogP contribution < -0.4 is 5.32 Å². The Balaban J connectivity index is 1.66. The van der Waals surface area contributed by atoms with Crippen molar-refractivity contribution in [3.63, 3.8) is 0 Å². The number of likely N-dealkylation sites (tertiary alicyclic amines) is 1. The van der Waals surface area contributed by atoms with E-state index in [1.54, 1.807) is 26.8 Å². The van der Waals surface area contributed by atoms with Crippen molar-refractivity contribution in [2.24, 2.45) is 17.8 Å². The third-order valence-corrected chi connectivity index (χ3v) is 7.26. The highest BCUT2D eigenvalue weighted by Crippen LogP contribution is 2.39. The van der Waals surface area contributed by atoms with E-state index in [1.807, 2.05) is 20.8 Å². The molecule has 1 unspecified atom stereocenters. The van der Waals surface area contributed by atoms with Crippen LogP contribution in [0.2, 0.25) is 0 Å². The van der Waals surface area contributed by atoms with E-state index in [4.69, 9.17) is 4.74 Å². The lowest BCUT2D eigenvalue weighted by Gasteiger charge is -2.34. The van der Waals surface area contributed by atoms with Crippen LogP contribution in [0.15, 0.2) is 24.3 Å². The second-order valence-corrected chi connectivity index (χ2v) is 11.9. The first-order valence-electron chi connectivity index (χ1n) is 13.4. The van der Waals surface area contributed by atoms with Crippen LogP contribution in [0.5, 0.6) is 0 Å². The quantitative estimate of drug-likeness (QED) is 0.473. The molecule has 2 aliphatic rings. The van der Waals surface area contributed by atoms with Crippen LogP contribution >= 0.6 is 0 Å². The minimum Gasteiger partial charge on any atom is -0.444 e. The number of ether oxygens (including phenoxy) is 1. The monoisotopic (exact) mass is 525 g/mol. The lowest BCUT2D eigenvalue weighted by molar-refractivity contribution is -0.137. The van der Waals surface area contributed by atoms with Gasteiger partial charge in [-0.15, -0.1) is 0 Å². The number of carbonyl (C=O) groups excluding carboxylic acids is 2. The molecule has 0 radical (unpaired) electrons. The normalized spacial score (nSPS) is 23.1. The Hall–Kier alpha value is -2.29. The summed E-state index contributed by atoms with van der Waals surface area (Å²) >= 11 is 0. The van der Waals surface area contributed by atoms with Gasteiger partial charge in [0.1, 0.15) is 11.6 Å². The first-order valence-corrected chi connectivity index (χ1v) is 13.4. The van der Waals surface area contributed by atoms with E-state index in [0.29, 0.717) is 31.0 Å². The molecule has 1 saturated carbocycles. The Bertz CT molecular complexity index is 945. The number of nitrogens with zero attached hydrogens (tertiary/aromatic N) is 2. The van der Waals surface area contributed by atoms with E-state index < -0.39 is 29.5 Å². The highest BCUT2D eigenvalue weighted by atomic mass is 19.4. The van der Waals surface area contributed by atoms with Gasteiger partial charge in [-0.05, 0) is 76.3 Å². The van der Waals surface area contributed by atoms with Gasteiger partial charge in [-0.2, -0.15) is 13.2 Å². The van der Waals surface area contributed by atoms with Crippen LogP contribution in [-0.2, 0) is 22.3 Å². The van der Waals surface area contributed by atoms with Gasteiger partial charge in [0.05, 0.1) is 5.56 Å². The van der Waals surface area contributed by atoms with Crippen molar-refractivity contribution in [2.45, 2.75) is 91.2 Å². The maximum Gasteiger partial charge on any atom is 0.416 e. The van der Waals surface area contributed by atoms with E-state index in [2.05, 4.69) is 10.2 Å². The Morgan fingerprint density at radius 3 is 2.46 bits per heavy atom. The highest BCUT2D eigenvalue weighted by molar-refractivity contribution is 5.86. The van der Waals surface area contributed by atoms with Gasteiger partial charge in [0, 0.05) is 32.2 Å². The highest BCUT2D eigenvalue weighted by Gasteiger charge is 2.44. The summed E-state index contributed by atoms with van der Waals surface area (Å²) in [7, 11) is 0. The topological polar surface area (TPSA) is 61.9 Å². The summed E-state index contributed by atoms with van der Waals surface area (Å²) in [5, 5.41) is 3.24. The number of carbonyl (C=O) groups is 2. The molecule has 37 heavy (non-hydrogen) atoms. The maximum atomic E-state index is 13.5. The van der Waals surface area contributed by atoms with Gasteiger partial charge in [-0.3, -0.25) is 14.6 Å². The first-order chi connectivity index (χ1) is 17.2. The molecule has 0 aromatic heterocycles. The summed E-state index contributed by atoms with van der Waals surface area (Å²) in [6.07, 6.45) is -2.49. The lowest BCUT2D eigenvalue weighted by Crippen LogP contribution is -2.54. The molecule has 2 fully saturated rings. The van der Waals surface area contributed by atoms with Gasteiger partial charge in [0.2, 0.25) is 5.91 Å². The molecule has 3 rings (SSSR count). The lowest BCUT2D eigenvalue weighted by atomic mass is 9.96. The van der Waals surface area contributed by atoms with Gasteiger partial charge >= 0.3 is 12.3 Å². The van der Waals surface area contributed by atoms with Crippen molar-refractivity contribution in [1.29, 1.82) is 0 Å². The Labute approximate surface area is 218 Å². The molecule has 0 bridgehead atoms. The fourth-order valence-corrected chi connectivity index (χ4v) is 5.67. The zero-order chi connectivity index (χ0) is 27.5. The van der Waals surface area contributed by atoms with Gasteiger partial charge in [-0.25, -0.2) is 4.79 Å². The third kappa shape index (κ3) is 7.85. The molecular weight excluding hydrogens is 483 g/mol. The molecule has 9 heteroatoms. The zero-order valence-corrected chi connectivity index (χ0v) is 22.9. The number of fused-ring (bicyclic) bond motifs is 1. The molecule has 208 valence electrons. The molecule has 0 spiro atoms. The fourth-order valence-electron chi connectivity index (χ4n) is 5.67. The third-order valence-electron chi connectivity index (χ3n) is 7.26. The molecule has 1 aliphatic carbocycles. The molecule has 1 N–H and O–H groups in total. The number of nitrogens with one attached hydrogen (secondary N) is 1. The maximum absolute atomic E-state index is 13.5. The number of amides is 2. The molecule has 6 nitrogen and oxygen atoms in total. The standard InChI is InChI=1S/C28H42F3N3O3/c1-7-34(26(36)37-27(4,5)6)24(13-18(2)3)25(35)32-23-12-11-20-16-33(17-22(20)23)15-19-9-8-10-21(14-19)28(29,30)31/h8-10,14,18,20,22-24H,7,11-13,15-17H2,1-6H3,(H,32,35)/t20-,22+,23+,24?/m1/s1. The van der Waals surface area contributed by atoms with E-state index in [-0.39, 0.29) is 23.8 Å². The van der Waals surface area contributed by atoms with Crippen LogP contribution in [0.1, 0.15) is 71.9 Å². The van der Waals surface area contributed by atoms with E-state index >= 15 is 0 Å². The largest absolute Gasteiger partial charge is 0.444 e. The van der Waals surface area contributed by atoms with Gasteiger partial charge in [0.15, 0.2) is 0 Å². The van der Waals surface area contributed by atoms with Crippen molar-refractivity contribution >= 4 is 12.0 Å². The smallest absolute Gasteiger partial charge is 0.416 e. The summed E-state index contributed by atoms with van der Waals surface area (Å²) < 4.78 is 44.9. The SMILES string of the molecule is CCN(C(=O)OC(C)(C)C)C(CC(C)C)C(=O)N[C@H]1CC[C@@H]2CN(Cc3cccc(C(F)(F)F)c3)C[C@@H]21. The van der Waals surface area contributed by atoms with Crippen LogP contribution in [0, 0.1) is 17.8 Å². The summed E-state index contributed by atoms with van der Waals surface area (Å²) in [4.78, 5) is 30.1. The van der Waals surface area contributed by atoms with Crippen LogP contribution in [0.25, 0.3) is 0 Å². The molecule has 1 saturated heterocycles. The number of benzene rings is 1. The van der Waals surface area contributed by atoms with E-state index in [0.717, 1.165) is 32.0 Å². The average Bonchev–Trinajstić information content (AvgIpc) is 3.32. The molecule has 1 aromatic rings. The van der Waals surface area contributed by atoms with Gasteiger partial charge in [0.25, 0.3) is 0 Å². The van der Waals surface area contributed by atoms with Gasteiger partial charge < -0.3 is 10.1 Å². The van der Waals surface area contributed by atoms with Crippen LogP contribution in [-0.4, -0.2) is 59.1 Å². The van der Waals surface area contributed by atoms with E-state index in [9.17, 15) is 22.8 Å². The first kappa shape index (κ1) is 29.3. The summed E-state index contributed by atoms with van der Waals surface area (Å²) in [5.74, 6) is 0.681. The van der Waals surface area contributed by atoms with Crippen molar-refractivity contribution in [2.75, 3.05) is 19.6 Å². The number of rotatable bonds is 8. The summed E-state index contributed by atoms with van der Waals surface area (Å²) in [5.41, 5.74) is -0.644.